The first-order valence-corrected chi connectivity index (χ1v) is 15.3. The topological polar surface area (TPSA) is 73.8 Å². The van der Waals surface area contributed by atoms with Crippen molar-refractivity contribution in [1.29, 1.82) is 0 Å². The van der Waals surface area contributed by atoms with Crippen LogP contribution in [0.3, 0.4) is 0 Å². The first-order valence-electron chi connectivity index (χ1n) is 15.3. The van der Waals surface area contributed by atoms with E-state index in [9.17, 15) is 0 Å². The number of fused-ring (bicyclic) bond motifs is 4. The Bertz CT molecular complexity index is 2900. The second-order valence-electron chi connectivity index (χ2n) is 11.8. The van der Waals surface area contributed by atoms with Crippen molar-refractivity contribution in [3.05, 3.63) is 128 Å². The molecule has 0 saturated carbocycles. The molecule has 0 aliphatic heterocycles. The molecule has 11 aromatic rings. The monoisotopic (exact) mass is 587 g/mol. The van der Waals surface area contributed by atoms with Crippen LogP contribution in [-0.4, -0.2) is 33.9 Å². The summed E-state index contributed by atoms with van der Waals surface area (Å²) >= 11 is 0. The van der Waals surface area contributed by atoms with Crippen LogP contribution in [0.15, 0.2) is 128 Å². The summed E-state index contributed by atoms with van der Waals surface area (Å²) in [6.07, 6.45) is 7.10. The summed E-state index contributed by atoms with van der Waals surface area (Å²) in [7, 11) is 0. The normalized spacial score (nSPS) is 12.3. The molecular weight excluding hydrogens is 566 g/mol. The summed E-state index contributed by atoms with van der Waals surface area (Å²) in [6, 6.07) is 36.5. The first kappa shape index (κ1) is 23.9. The Labute approximate surface area is 260 Å². The second-order valence-corrected chi connectivity index (χ2v) is 11.8. The van der Waals surface area contributed by atoms with E-state index in [0.29, 0.717) is 17.6 Å². The van der Waals surface area contributed by atoms with Gasteiger partial charge >= 0.3 is 0 Å². The average Bonchev–Trinajstić information content (AvgIpc) is 3.60. The van der Waals surface area contributed by atoms with Crippen LogP contribution in [0, 0.1) is 0 Å². The predicted octanol–water partition coefficient (Wildman–Crippen LogP) is 8.83. The molecule has 6 aromatic heterocycles. The Morgan fingerprint density at radius 3 is 1.80 bits per heavy atom. The second kappa shape index (κ2) is 8.58. The molecule has 7 nitrogen and oxygen atoms in total. The molecule has 0 spiro atoms. The van der Waals surface area contributed by atoms with Gasteiger partial charge in [-0.1, -0.05) is 54.6 Å². The van der Waals surface area contributed by atoms with E-state index in [1.165, 1.54) is 59.6 Å². The van der Waals surface area contributed by atoms with Crippen LogP contribution in [0.2, 0.25) is 0 Å². The molecule has 0 fully saturated rings. The maximum absolute atomic E-state index is 5.12. The number of benzene rings is 5. The van der Waals surface area contributed by atoms with Crippen molar-refractivity contribution in [1.82, 2.24) is 33.9 Å². The van der Waals surface area contributed by atoms with Crippen molar-refractivity contribution in [2.45, 2.75) is 0 Å². The van der Waals surface area contributed by atoms with Crippen LogP contribution in [0.25, 0.3) is 99.4 Å². The highest BCUT2D eigenvalue weighted by Gasteiger charge is 2.25. The lowest BCUT2D eigenvalue weighted by Gasteiger charge is -2.12. The van der Waals surface area contributed by atoms with E-state index in [1.54, 1.807) is 24.8 Å². The third-order valence-electron chi connectivity index (χ3n) is 9.43. The molecule has 0 unspecified atom stereocenters. The minimum atomic E-state index is 0.553. The zero-order valence-electron chi connectivity index (χ0n) is 24.3. The zero-order valence-corrected chi connectivity index (χ0v) is 24.3. The molecule has 46 heavy (non-hydrogen) atoms. The molecule has 7 heteroatoms. The van der Waals surface area contributed by atoms with Gasteiger partial charge in [-0.15, -0.1) is 0 Å². The van der Waals surface area contributed by atoms with Gasteiger partial charge in [0, 0.05) is 68.2 Å². The van der Waals surface area contributed by atoms with Crippen LogP contribution in [0.4, 0.5) is 0 Å². The van der Waals surface area contributed by atoms with Gasteiger partial charge in [0.15, 0.2) is 11.6 Å². The highest BCUT2D eigenvalue weighted by Crippen LogP contribution is 2.47. The van der Waals surface area contributed by atoms with Crippen molar-refractivity contribution in [2.24, 2.45) is 0 Å². The Balaban J connectivity index is 1.38. The minimum Gasteiger partial charge on any atom is -0.308 e. The van der Waals surface area contributed by atoms with Crippen LogP contribution in [-0.2, 0) is 0 Å². The molecule has 0 atom stereocenters. The van der Waals surface area contributed by atoms with Gasteiger partial charge in [0.2, 0.25) is 5.95 Å². The fraction of sp³-hybridized carbons (Fsp3) is 0. The Kier molecular flexibility index (Phi) is 4.46. The van der Waals surface area contributed by atoms with Crippen molar-refractivity contribution >= 4 is 70.7 Å². The number of para-hydroxylation sites is 1. The van der Waals surface area contributed by atoms with Gasteiger partial charge < -0.3 is 4.40 Å². The number of hydrogen-bond acceptors (Lipinski definition) is 5. The highest BCUT2D eigenvalue weighted by atomic mass is 15.2. The zero-order chi connectivity index (χ0) is 29.9. The van der Waals surface area contributed by atoms with Gasteiger partial charge in [-0.25, -0.2) is 4.98 Å². The summed E-state index contributed by atoms with van der Waals surface area (Å²) in [4.78, 5) is 23.8. The SMILES string of the molecule is c1cncc(-c2nc(-c3cccnc3)nc(-n3c4ccc5cccc6c5c4c4c5c(ccc7c8ccccc8n6c75)ccc43)n2)c1. The van der Waals surface area contributed by atoms with Crippen LogP contribution < -0.4 is 0 Å². The quantitative estimate of drug-likeness (QED) is 0.206. The maximum Gasteiger partial charge on any atom is 0.238 e. The minimum absolute atomic E-state index is 0.553. The van der Waals surface area contributed by atoms with Crippen LogP contribution in [0.1, 0.15) is 0 Å². The van der Waals surface area contributed by atoms with Crippen LogP contribution in [0.5, 0.6) is 0 Å². The van der Waals surface area contributed by atoms with Crippen LogP contribution >= 0.6 is 0 Å². The van der Waals surface area contributed by atoms with Crippen molar-refractivity contribution in [3.63, 3.8) is 0 Å². The van der Waals surface area contributed by atoms with Crippen molar-refractivity contribution in [2.75, 3.05) is 0 Å². The predicted molar refractivity (Wildman–Crippen MR) is 184 cm³/mol. The molecule has 5 aromatic carbocycles. The highest BCUT2D eigenvalue weighted by molar-refractivity contribution is 6.37. The lowest BCUT2D eigenvalue weighted by atomic mass is 9.98. The molecule has 0 N–H and O–H groups in total. The summed E-state index contributed by atoms with van der Waals surface area (Å²) < 4.78 is 4.68. The first-order chi connectivity index (χ1) is 22.8. The van der Waals surface area contributed by atoms with E-state index in [4.69, 9.17) is 15.0 Å². The fourth-order valence-corrected chi connectivity index (χ4v) is 7.58. The summed E-state index contributed by atoms with van der Waals surface area (Å²) in [6.45, 7) is 0. The molecule has 11 rings (SSSR count). The molecule has 0 saturated heterocycles. The largest absolute Gasteiger partial charge is 0.308 e. The van der Waals surface area contributed by atoms with E-state index in [1.807, 2.05) is 24.3 Å². The van der Waals surface area contributed by atoms with E-state index >= 15 is 0 Å². The van der Waals surface area contributed by atoms with E-state index in [2.05, 4.69) is 97.8 Å². The Hall–Kier alpha value is -6.47. The van der Waals surface area contributed by atoms with Crippen molar-refractivity contribution in [3.8, 4) is 28.7 Å². The number of pyridine rings is 2. The number of aromatic nitrogens is 7. The van der Waals surface area contributed by atoms with E-state index in [-0.39, 0.29) is 0 Å². The molecule has 0 bridgehead atoms. The summed E-state index contributed by atoms with van der Waals surface area (Å²) in [5.74, 6) is 1.67. The molecule has 6 heterocycles. The molecule has 0 aliphatic rings. The number of hydrogen-bond donors (Lipinski definition) is 0. The van der Waals surface area contributed by atoms with Gasteiger partial charge in [-0.05, 0) is 59.3 Å². The third-order valence-corrected chi connectivity index (χ3v) is 9.43. The number of rotatable bonds is 3. The van der Waals surface area contributed by atoms with Gasteiger partial charge in [0.1, 0.15) is 0 Å². The lowest BCUT2D eigenvalue weighted by molar-refractivity contribution is 0.952. The lowest BCUT2D eigenvalue weighted by Crippen LogP contribution is -2.06. The van der Waals surface area contributed by atoms with Gasteiger partial charge in [-0.2, -0.15) is 9.97 Å². The molecule has 0 radical (unpaired) electrons. The standard InChI is InChI=1S/C39H21N7/c1-2-10-28-26(9-1)27-15-12-23-14-17-31-35-33(23)36(27)45(28)29-11-3-6-22-13-16-30(34(35)32(22)29)46(31)39-43-37(24-7-4-18-40-20-24)42-38(44-39)25-8-5-19-41-21-25/h1-21H. The fourth-order valence-electron chi connectivity index (χ4n) is 7.58. The molecule has 0 aliphatic carbocycles. The van der Waals surface area contributed by atoms with Crippen molar-refractivity contribution < 1.29 is 0 Å². The Morgan fingerprint density at radius 1 is 0.435 bits per heavy atom. The molecule has 212 valence electrons. The Morgan fingerprint density at radius 2 is 1.09 bits per heavy atom. The summed E-state index contributed by atoms with van der Waals surface area (Å²) in [5, 5.41) is 9.79. The molecule has 0 amide bonds. The average molecular weight is 588 g/mol. The number of nitrogens with zero attached hydrogens (tertiary/aromatic N) is 7. The van der Waals surface area contributed by atoms with Gasteiger partial charge in [-0.3, -0.25) is 14.5 Å². The summed E-state index contributed by atoms with van der Waals surface area (Å²) in [5.41, 5.74) is 7.37. The van der Waals surface area contributed by atoms with E-state index in [0.717, 1.165) is 22.2 Å². The van der Waals surface area contributed by atoms with Gasteiger partial charge in [0.05, 0.1) is 27.6 Å². The maximum atomic E-state index is 5.12. The van der Waals surface area contributed by atoms with E-state index < -0.39 is 0 Å². The third kappa shape index (κ3) is 2.98. The van der Waals surface area contributed by atoms with Gasteiger partial charge in [0.25, 0.3) is 0 Å². The smallest absolute Gasteiger partial charge is 0.238 e. The molecular formula is C39H21N7.